The summed E-state index contributed by atoms with van der Waals surface area (Å²) in [7, 11) is 5.79. The Morgan fingerprint density at radius 2 is 1.71 bits per heavy atom. The van der Waals surface area contributed by atoms with E-state index in [9.17, 15) is 0 Å². The van der Waals surface area contributed by atoms with Gasteiger partial charge in [-0.2, -0.15) is 4.57 Å². The highest BCUT2D eigenvalue weighted by molar-refractivity contribution is 7.10. The third-order valence-electron chi connectivity index (χ3n) is 6.62. The topological polar surface area (TPSA) is 25.6 Å². The number of hydrogen-bond acceptors (Lipinski definition) is 4. The number of aromatic nitrogens is 1. The zero-order valence-electron chi connectivity index (χ0n) is 20.7. The molecule has 4 nitrogen and oxygen atoms in total. The van der Waals surface area contributed by atoms with Crippen LogP contribution in [0.25, 0.3) is 23.4 Å². The van der Waals surface area contributed by atoms with Crippen molar-refractivity contribution in [2.75, 3.05) is 39.5 Å². The first kappa shape index (κ1) is 24.6. The van der Waals surface area contributed by atoms with E-state index in [1.165, 1.54) is 65.2 Å². The lowest BCUT2D eigenvalue weighted by Gasteiger charge is -2.21. The summed E-state index contributed by atoms with van der Waals surface area (Å²) >= 11 is 1.78. The standard InChI is InChI=1S/C29H37N2O2S/c1-30(2)27-16-9-23(10-17-27)11-18-29-31(19-20-33-22-32-3)28(21-34-29)26-14-12-25(13-15-26)24-7-5-4-6-8-24/h9-18,21,24H,4-8,19-20,22H2,1-3H3/q+1. The average Bonchev–Trinajstić information content (AvgIpc) is 3.29. The fourth-order valence-electron chi connectivity index (χ4n) is 4.66. The van der Waals surface area contributed by atoms with Gasteiger partial charge in [-0.25, -0.2) is 0 Å². The minimum absolute atomic E-state index is 0.319. The molecule has 34 heavy (non-hydrogen) atoms. The molecule has 1 fully saturated rings. The van der Waals surface area contributed by atoms with Gasteiger partial charge in [0.05, 0.1) is 5.38 Å². The van der Waals surface area contributed by atoms with Gasteiger partial charge in [0, 0.05) is 38.5 Å². The number of methoxy groups -OCH3 is 1. The normalized spacial score (nSPS) is 14.7. The molecule has 3 aromatic rings. The van der Waals surface area contributed by atoms with Crippen LogP contribution in [-0.4, -0.2) is 34.6 Å². The highest BCUT2D eigenvalue weighted by atomic mass is 32.1. The van der Waals surface area contributed by atoms with Crippen LogP contribution in [0.5, 0.6) is 0 Å². The van der Waals surface area contributed by atoms with Gasteiger partial charge in [-0.15, -0.1) is 0 Å². The number of rotatable bonds is 10. The van der Waals surface area contributed by atoms with Gasteiger partial charge in [-0.05, 0) is 60.2 Å². The first-order valence-electron chi connectivity index (χ1n) is 12.3. The molecular weight excluding hydrogens is 440 g/mol. The summed E-state index contributed by atoms with van der Waals surface area (Å²) < 4.78 is 13.1. The average molecular weight is 478 g/mol. The van der Waals surface area contributed by atoms with Crippen molar-refractivity contribution in [2.45, 2.75) is 44.6 Å². The lowest BCUT2D eigenvalue weighted by molar-refractivity contribution is -0.685. The molecule has 4 rings (SSSR count). The zero-order valence-corrected chi connectivity index (χ0v) is 21.5. The summed E-state index contributed by atoms with van der Waals surface area (Å²) in [4.78, 5) is 2.12. The van der Waals surface area contributed by atoms with Crippen LogP contribution in [0.1, 0.15) is 54.2 Å². The molecule has 0 N–H and O–H groups in total. The van der Waals surface area contributed by atoms with Gasteiger partial charge in [-0.3, -0.25) is 0 Å². The first-order chi connectivity index (χ1) is 16.7. The highest BCUT2D eigenvalue weighted by Crippen LogP contribution is 2.33. The summed E-state index contributed by atoms with van der Waals surface area (Å²) in [5.74, 6) is 0.734. The monoisotopic (exact) mass is 477 g/mol. The van der Waals surface area contributed by atoms with E-state index in [4.69, 9.17) is 9.47 Å². The fraction of sp³-hybridized carbons (Fsp3) is 0.414. The van der Waals surface area contributed by atoms with Gasteiger partial charge in [0.25, 0.3) is 5.01 Å². The molecule has 0 amide bonds. The molecule has 180 valence electrons. The van der Waals surface area contributed by atoms with E-state index >= 15 is 0 Å². The highest BCUT2D eigenvalue weighted by Gasteiger charge is 2.21. The molecule has 0 spiro atoms. The van der Waals surface area contributed by atoms with Crippen molar-refractivity contribution in [3.63, 3.8) is 0 Å². The molecule has 0 atom stereocenters. The third-order valence-corrected chi connectivity index (χ3v) is 7.56. The lowest BCUT2D eigenvalue weighted by atomic mass is 9.84. The second-order valence-corrected chi connectivity index (χ2v) is 10.1. The Balaban J connectivity index is 1.55. The number of nitrogens with zero attached hydrogens (tertiary/aromatic N) is 2. The molecule has 0 radical (unpaired) electrons. The maximum absolute atomic E-state index is 5.63. The Morgan fingerprint density at radius 3 is 2.38 bits per heavy atom. The van der Waals surface area contributed by atoms with Crippen molar-refractivity contribution in [1.82, 2.24) is 0 Å². The van der Waals surface area contributed by atoms with Crippen LogP contribution in [-0.2, 0) is 16.0 Å². The van der Waals surface area contributed by atoms with Crippen molar-refractivity contribution < 1.29 is 14.0 Å². The lowest BCUT2D eigenvalue weighted by Crippen LogP contribution is -2.39. The summed E-state index contributed by atoms with van der Waals surface area (Å²) in [6.07, 6.45) is 11.2. The van der Waals surface area contributed by atoms with Gasteiger partial charge < -0.3 is 14.4 Å². The first-order valence-corrected chi connectivity index (χ1v) is 13.2. The van der Waals surface area contributed by atoms with E-state index in [1.54, 1.807) is 18.4 Å². The predicted molar refractivity (Wildman–Crippen MR) is 143 cm³/mol. The van der Waals surface area contributed by atoms with Crippen molar-refractivity contribution >= 4 is 29.2 Å². The van der Waals surface area contributed by atoms with E-state index < -0.39 is 0 Å². The number of ether oxygens (including phenoxy) is 2. The second-order valence-electron chi connectivity index (χ2n) is 9.20. The quantitative estimate of drug-likeness (QED) is 0.187. The number of anilines is 1. The van der Waals surface area contributed by atoms with Crippen molar-refractivity contribution in [1.29, 1.82) is 0 Å². The van der Waals surface area contributed by atoms with Gasteiger partial charge in [0.1, 0.15) is 13.4 Å². The largest absolute Gasteiger partial charge is 0.378 e. The summed E-state index contributed by atoms with van der Waals surface area (Å²) in [5.41, 5.74) is 6.40. The van der Waals surface area contributed by atoms with E-state index in [0.717, 1.165) is 12.5 Å². The van der Waals surface area contributed by atoms with Crippen LogP contribution in [0.2, 0.25) is 0 Å². The number of hydrogen-bond donors (Lipinski definition) is 0. The summed E-state index contributed by atoms with van der Waals surface area (Å²) in [6, 6.07) is 17.9. The minimum Gasteiger partial charge on any atom is -0.378 e. The Bertz CT molecular complexity index is 1050. The van der Waals surface area contributed by atoms with Crippen molar-refractivity contribution in [3.8, 4) is 11.3 Å². The van der Waals surface area contributed by atoms with E-state index in [0.29, 0.717) is 13.4 Å². The van der Waals surface area contributed by atoms with E-state index in [-0.39, 0.29) is 0 Å². The van der Waals surface area contributed by atoms with Crippen LogP contribution in [0.3, 0.4) is 0 Å². The molecule has 0 bridgehead atoms. The molecule has 2 aromatic carbocycles. The summed E-state index contributed by atoms with van der Waals surface area (Å²) in [5, 5.41) is 3.48. The Morgan fingerprint density at radius 1 is 0.971 bits per heavy atom. The van der Waals surface area contributed by atoms with Crippen molar-refractivity contribution in [3.05, 3.63) is 70.0 Å². The van der Waals surface area contributed by atoms with Crippen LogP contribution >= 0.6 is 11.3 Å². The van der Waals surface area contributed by atoms with Crippen LogP contribution in [0, 0.1) is 0 Å². The third kappa shape index (κ3) is 6.35. The smallest absolute Gasteiger partial charge is 0.262 e. The Kier molecular flexibility index (Phi) is 8.91. The maximum Gasteiger partial charge on any atom is 0.262 e. The molecule has 1 aliphatic rings. The Labute approximate surface area is 208 Å². The van der Waals surface area contributed by atoms with Gasteiger partial charge in [0.2, 0.25) is 5.69 Å². The summed E-state index contributed by atoms with van der Waals surface area (Å²) in [6.45, 7) is 1.71. The number of thiazole rings is 1. The minimum atomic E-state index is 0.319. The predicted octanol–water partition coefficient (Wildman–Crippen LogP) is 6.61. The maximum atomic E-state index is 5.63. The SMILES string of the molecule is COCOCC[n+]1c(-c2ccc(C3CCCCC3)cc2)csc1/C=C/c1ccc(N(C)C)cc1. The molecule has 1 saturated carbocycles. The van der Waals surface area contributed by atoms with Crippen LogP contribution in [0.4, 0.5) is 5.69 Å². The molecule has 1 aliphatic carbocycles. The molecular formula is C29H37N2O2S+. The second kappa shape index (κ2) is 12.3. The molecule has 1 aromatic heterocycles. The zero-order chi connectivity index (χ0) is 23.8. The molecule has 5 heteroatoms. The molecule has 0 unspecified atom stereocenters. The molecule has 0 saturated heterocycles. The van der Waals surface area contributed by atoms with Gasteiger partial charge in [0.15, 0.2) is 6.54 Å². The molecule has 0 aliphatic heterocycles. The van der Waals surface area contributed by atoms with Crippen LogP contribution in [0.15, 0.2) is 53.9 Å². The number of benzene rings is 2. The van der Waals surface area contributed by atoms with Crippen LogP contribution < -0.4 is 9.47 Å². The molecule has 1 heterocycles. The van der Waals surface area contributed by atoms with Crippen molar-refractivity contribution in [2.24, 2.45) is 0 Å². The van der Waals surface area contributed by atoms with E-state index in [1.807, 2.05) is 0 Å². The van der Waals surface area contributed by atoms with Gasteiger partial charge in [-0.1, -0.05) is 54.9 Å². The Hall–Kier alpha value is -2.47. The fourth-order valence-corrected chi connectivity index (χ4v) is 5.62. The van der Waals surface area contributed by atoms with Gasteiger partial charge >= 0.3 is 0 Å². The van der Waals surface area contributed by atoms with E-state index in [2.05, 4.69) is 89.6 Å².